The fourth-order valence-electron chi connectivity index (χ4n) is 3.11. The highest BCUT2D eigenvalue weighted by atomic mass is 35.5. The molecule has 1 aliphatic heterocycles. The lowest BCUT2D eigenvalue weighted by molar-refractivity contribution is -0.137. The van der Waals surface area contributed by atoms with Gasteiger partial charge in [-0.15, -0.1) is 12.4 Å². The first-order valence-corrected chi connectivity index (χ1v) is 9.07. The van der Waals surface area contributed by atoms with E-state index in [0.29, 0.717) is 6.42 Å². The van der Waals surface area contributed by atoms with Crippen LogP contribution in [-0.4, -0.2) is 45.1 Å². The molecule has 0 saturated carbocycles. The van der Waals surface area contributed by atoms with E-state index in [-0.39, 0.29) is 24.9 Å². The molecule has 0 fully saturated rings. The second kappa shape index (κ2) is 9.67. The van der Waals surface area contributed by atoms with Gasteiger partial charge in [-0.1, -0.05) is 0 Å². The summed E-state index contributed by atoms with van der Waals surface area (Å²) in [5.74, 6) is 0.845. The van der Waals surface area contributed by atoms with Crippen LogP contribution in [0.15, 0.2) is 30.5 Å². The predicted molar refractivity (Wildman–Crippen MR) is 106 cm³/mol. The van der Waals surface area contributed by atoms with E-state index in [2.05, 4.69) is 9.88 Å². The Morgan fingerprint density at radius 2 is 2.04 bits per heavy atom. The molecule has 0 radical (unpaired) electrons. The number of carboxylic acids is 1. The molecule has 1 aromatic heterocycles. The lowest BCUT2D eigenvalue weighted by Gasteiger charge is -2.27. The Balaban J connectivity index is 0.00000261. The van der Waals surface area contributed by atoms with Crippen molar-refractivity contribution in [1.29, 1.82) is 0 Å². The molecule has 2 aromatic rings. The maximum Gasteiger partial charge on any atom is 0.303 e. The normalized spacial score (nSPS) is 13.7. The zero-order valence-electron chi connectivity index (χ0n) is 15.7. The molecular formula is C20H26ClN3O3. The minimum absolute atomic E-state index is 0. The molecule has 0 aliphatic carbocycles. The number of hydrogen-bond acceptors (Lipinski definition) is 5. The molecule has 0 unspecified atom stereocenters. The van der Waals surface area contributed by atoms with Crippen LogP contribution in [0, 0.1) is 0 Å². The summed E-state index contributed by atoms with van der Waals surface area (Å²) in [5, 5.41) is 8.75. The summed E-state index contributed by atoms with van der Waals surface area (Å²) in [5.41, 5.74) is 3.20. The highest BCUT2D eigenvalue weighted by molar-refractivity contribution is 5.85. The lowest BCUT2D eigenvalue weighted by Crippen LogP contribution is -2.32. The lowest BCUT2D eigenvalue weighted by atomic mass is 10.1. The zero-order valence-corrected chi connectivity index (χ0v) is 16.5. The van der Waals surface area contributed by atoms with Gasteiger partial charge in [-0.05, 0) is 51.1 Å². The van der Waals surface area contributed by atoms with Crippen molar-refractivity contribution in [1.82, 2.24) is 14.9 Å². The van der Waals surface area contributed by atoms with E-state index in [1.54, 1.807) is 0 Å². The number of nitrogens with zero attached hydrogens (tertiary/aromatic N) is 3. The zero-order chi connectivity index (χ0) is 18.5. The summed E-state index contributed by atoms with van der Waals surface area (Å²) in [6.45, 7) is 6.50. The Hall–Kier alpha value is -2.18. The Labute approximate surface area is 166 Å². The summed E-state index contributed by atoms with van der Waals surface area (Å²) in [6.07, 6.45) is 3.81. The number of hydrogen-bond donors (Lipinski definition) is 1. The van der Waals surface area contributed by atoms with Gasteiger partial charge in [-0.25, -0.2) is 9.97 Å². The quantitative estimate of drug-likeness (QED) is 0.777. The average Bonchev–Trinajstić information content (AvgIpc) is 2.61. The summed E-state index contributed by atoms with van der Waals surface area (Å²) >= 11 is 0. The third-order valence-electron chi connectivity index (χ3n) is 4.36. The van der Waals surface area contributed by atoms with Crippen LogP contribution in [0.2, 0.25) is 0 Å². The van der Waals surface area contributed by atoms with Crippen LogP contribution in [-0.2, 0) is 17.8 Å². The molecule has 1 aromatic carbocycles. The van der Waals surface area contributed by atoms with E-state index in [1.807, 2.05) is 44.3 Å². The van der Waals surface area contributed by atoms with Crippen LogP contribution in [0.4, 0.5) is 0 Å². The third-order valence-corrected chi connectivity index (χ3v) is 4.36. The number of carbonyl (C=O) groups is 1. The molecule has 7 heteroatoms. The van der Waals surface area contributed by atoms with Crippen molar-refractivity contribution < 1.29 is 14.6 Å². The molecule has 27 heavy (non-hydrogen) atoms. The van der Waals surface area contributed by atoms with Crippen LogP contribution in [0.1, 0.15) is 37.9 Å². The van der Waals surface area contributed by atoms with Gasteiger partial charge in [0.25, 0.3) is 0 Å². The highest BCUT2D eigenvalue weighted by Gasteiger charge is 2.18. The Morgan fingerprint density at radius 3 is 2.70 bits per heavy atom. The van der Waals surface area contributed by atoms with Crippen molar-refractivity contribution in [2.75, 3.05) is 13.1 Å². The molecule has 0 bridgehead atoms. The van der Waals surface area contributed by atoms with E-state index in [9.17, 15) is 4.79 Å². The topological polar surface area (TPSA) is 75.6 Å². The van der Waals surface area contributed by atoms with Gasteiger partial charge < -0.3 is 9.84 Å². The SMILES string of the molecule is CC(C)Oc1ccc(-c2ncc3c(n2)CCN(CCCC(=O)O)C3)cc1.Cl. The number of aromatic nitrogens is 2. The minimum atomic E-state index is -0.736. The monoisotopic (exact) mass is 391 g/mol. The van der Waals surface area contributed by atoms with Crippen LogP contribution in [0.5, 0.6) is 5.75 Å². The molecule has 0 spiro atoms. The fraction of sp³-hybridized carbons (Fsp3) is 0.450. The smallest absolute Gasteiger partial charge is 0.303 e. The van der Waals surface area contributed by atoms with E-state index in [1.165, 1.54) is 0 Å². The Bertz CT molecular complexity index is 766. The van der Waals surface area contributed by atoms with Gasteiger partial charge in [0, 0.05) is 43.3 Å². The second-order valence-electron chi connectivity index (χ2n) is 6.88. The van der Waals surface area contributed by atoms with Crippen molar-refractivity contribution in [2.24, 2.45) is 0 Å². The van der Waals surface area contributed by atoms with Gasteiger partial charge >= 0.3 is 5.97 Å². The van der Waals surface area contributed by atoms with E-state index >= 15 is 0 Å². The molecule has 0 saturated heterocycles. The summed E-state index contributed by atoms with van der Waals surface area (Å²) in [7, 11) is 0. The average molecular weight is 392 g/mol. The van der Waals surface area contributed by atoms with Crippen molar-refractivity contribution in [3.63, 3.8) is 0 Å². The number of ether oxygens (including phenoxy) is 1. The maximum absolute atomic E-state index is 10.6. The molecular weight excluding hydrogens is 366 g/mol. The number of carboxylic acid groups (broad SMARTS) is 1. The number of fused-ring (bicyclic) bond motifs is 1. The Morgan fingerprint density at radius 1 is 1.30 bits per heavy atom. The molecule has 2 heterocycles. The van der Waals surface area contributed by atoms with Crippen LogP contribution < -0.4 is 4.74 Å². The fourth-order valence-corrected chi connectivity index (χ4v) is 3.11. The molecule has 3 rings (SSSR count). The van der Waals surface area contributed by atoms with Gasteiger partial charge in [0.2, 0.25) is 0 Å². The van der Waals surface area contributed by atoms with E-state index in [0.717, 1.165) is 54.4 Å². The maximum atomic E-state index is 10.6. The van der Waals surface area contributed by atoms with Crippen molar-refractivity contribution in [3.8, 4) is 17.1 Å². The Kier molecular flexibility index (Phi) is 7.56. The van der Waals surface area contributed by atoms with Gasteiger partial charge in [-0.2, -0.15) is 0 Å². The first-order valence-electron chi connectivity index (χ1n) is 9.07. The predicted octanol–water partition coefficient (Wildman–Crippen LogP) is 3.58. The third kappa shape index (κ3) is 5.91. The van der Waals surface area contributed by atoms with Crippen LogP contribution in [0.3, 0.4) is 0 Å². The molecule has 6 nitrogen and oxygen atoms in total. The van der Waals surface area contributed by atoms with E-state index < -0.39 is 5.97 Å². The number of rotatable bonds is 7. The second-order valence-corrected chi connectivity index (χ2v) is 6.88. The van der Waals surface area contributed by atoms with Gasteiger partial charge in [0.15, 0.2) is 5.82 Å². The molecule has 1 aliphatic rings. The van der Waals surface area contributed by atoms with Crippen molar-refractivity contribution >= 4 is 18.4 Å². The van der Waals surface area contributed by atoms with E-state index in [4.69, 9.17) is 14.8 Å². The molecule has 0 amide bonds. The molecule has 146 valence electrons. The number of aliphatic carboxylic acids is 1. The van der Waals surface area contributed by atoms with Gasteiger partial charge in [0.1, 0.15) is 5.75 Å². The highest BCUT2D eigenvalue weighted by Crippen LogP contribution is 2.23. The van der Waals surface area contributed by atoms with Gasteiger partial charge in [0.05, 0.1) is 11.8 Å². The minimum Gasteiger partial charge on any atom is -0.491 e. The summed E-state index contributed by atoms with van der Waals surface area (Å²) in [4.78, 5) is 22.2. The van der Waals surface area contributed by atoms with Crippen LogP contribution >= 0.6 is 12.4 Å². The molecule has 0 atom stereocenters. The summed E-state index contributed by atoms with van der Waals surface area (Å²) in [6, 6.07) is 7.87. The first kappa shape index (κ1) is 21.1. The summed E-state index contributed by atoms with van der Waals surface area (Å²) < 4.78 is 5.67. The largest absolute Gasteiger partial charge is 0.491 e. The van der Waals surface area contributed by atoms with Gasteiger partial charge in [-0.3, -0.25) is 9.69 Å². The van der Waals surface area contributed by atoms with Crippen molar-refractivity contribution in [2.45, 2.75) is 45.8 Å². The number of benzene rings is 1. The molecule has 1 N–H and O–H groups in total. The van der Waals surface area contributed by atoms with Crippen molar-refractivity contribution in [3.05, 3.63) is 41.7 Å². The van der Waals surface area contributed by atoms with Crippen LogP contribution in [0.25, 0.3) is 11.4 Å². The first-order chi connectivity index (χ1) is 12.5. The number of halogens is 1. The standard InChI is InChI=1S/C20H25N3O3.ClH/c1-14(2)26-17-7-5-15(6-8-17)20-21-12-16-13-23(10-3-4-19(24)25)11-9-18(16)22-20;/h5-8,12,14H,3-4,9-11,13H2,1-2H3,(H,24,25);1H.